The van der Waals surface area contributed by atoms with Gasteiger partial charge in [-0.25, -0.2) is 0 Å². The molecule has 2 N–H and O–H groups in total. The zero-order valence-corrected chi connectivity index (χ0v) is 12.9. The van der Waals surface area contributed by atoms with Gasteiger partial charge >= 0.3 is 0 Å². The first-order valence-corrected chi connectivity index (χ1v) is 8.37. The maximum absolute atomic E-state index is 13.0. The van der Waals surface area contributed by atoms with E-state index in [-0.39, 0.29) is 17.9 Å². The van der Waals surface area contributed by atoms with Crippen LogP contribution >= 0.6 is 0 Å². The average molecular weight is 300 g/mol. The fourth-order valence-corrected chi connectivity index (χ4v) is 3.77. The molecule has 0 unspecified atom stereocenters. The number of piperidine rings is 1. The fourth-order valence-electron chi connectivity index (χ4n) is 3.77. The molecular weight excluding hydrogens is 276 g/mol. The van der Waals surface area contributed by atoms with Crippen LogP contribution < -0.4 is 10.6 Å². The Hall–Kier alpha value is -1.84. The number of hydrogen-bond donors (Lipinski definition) is 2. The van der Waals surface area contributed by atoms with Gasteiger partial charge in [-0.3, -0.25) is 9.59 Å². The second kappa shape index (κ2) is 6.51. The molecule has 1 aromatic carbocycles. The van der Waals surface area contributed by atoms with Crippen molar-refractivity contribution in [3.05, 3.63) is 35.9 Å². The molecule has 3 rings (SSSR count). The molecule has 1 saturated carbocycles. The maximum Gasteiger partial charge on any atom is 0.242 e. The lowest BCUT2D eigenvalue weighted by Gasteiger charge is -2.38. The quantitative estimate of drug-likeness (QED) is 0.900. The average Bonchev–Trinajstić information content (AvgIpc) is 2.58. The fraction of sp³-hybridized carbons (Fsp3) is 0.556. The van der Waals surface area contributed by atoms with Gasteiger partial charge in [0.25, 0.3) is 0 Å². The van der Waals surface area contributed by atoms with Crippen molar-refractivity contribution in [3.8, 4) is 0 Å². The predicted octanol–water partition coefficient (Wildman–Crippen LogP) is 2.28. The Morgan fingerprint density at radius 2 is 1.82 bits per heavy atom. The van der Waals surface area contributed by atoms with Crippen LogP contribution in [-0.4, -0.2) is 24.4 Å². The van der Waals surface area contributed by atoms with E-state index in [0.717, 1.165) is 50.6 Å². The Labute approximate surface area is 131 Å². The minimum absolute atomic E-state index is 0.0282. The molecule has 4 nitrogen and oxygen atoms in total. The lowest BCUT2D eigenvalue weighted by molar-refractivity contribution is -0.134. The second-order valence-electron chi connectivity index (χ2n) is 6.47. The van der Waals surface area contributed by atoms with Crippen LogP contribution in [0, 0.1) is 0 Å². The van der Waals surface area contributed by atoms with E-state index in [1.165, 1.54) is 6.42 Å². The van der Waals surface area contributed by atoms with Crippen LogP contribution in [0.25, 0.3) is 0 Å². The highest BCUT2D eigenvalue weighted by atomic mass is 16.2. The van der Waals surface area contributed by atoms with Crippen LogP contribution in [0.3, 0.4) is 0 Å². The molecular formula is C18H24N2O2. The van der Waals surface area contributed by atoms with E-state index >= 15 is 0 Å². The Kier molecular flexibility index (Phi) is 4.46. The molecule has 0 aromatic heterocycles. The van der Waals surface area contributed by atoms with Crippen LogP contribution in [0.15, 0.2) is 30.3 Å². The minimum atomic E-state index is -0.461. The summed E-state index contributed by atoms with van der Waals surface area (Å²) in [6.07, 6.45) is 6.73. The van der Waals surface area contributed by atoms with Gasteiger partial charge in [0, 0.05) is 6.54 Å². The molecule has 2 amide bonds. The SMILES string of the molecule is O=C1NCCC[C@@H]1NC(=O)C1(c2ccccc2)CCCCC1. The number of carbonyl (C=O) groups is 2. The van der Waals surface area contributed by atoms with Crippen molar-refractivity contribution >= 4 is 11.8 Å². The zero-order valence-electron chi connectivity index (χ0n) is 12.9. The van der Waals surface area contributed by atoms with E-state index in [9.17, 15) is 9.59 Å². The van der Waals surface area contributed by atoms with Crippen molar-refractivity contribution < 1.29 is 9.59 Å². The summed E-state index contributed by atoms with van der Waals surface area (Å²) >= 11 is 0. The van der Waals surface area contributed by atoms with E-state index in [0.29, 0.717) is 0 Å². The van der Waals surface area contributed by atoms with Crippen molar-refractivity contribution in [2.45, 2.75) is 56.4 Å². The number of amides is 2. The van der Waals surface area contributed by atoms with Crippen LogP contribution in [-0.2, 0) is 15.0 Å². The Morgan fingerprint density at radius 1 is 1.09 bits per heavy atom. The molecule has 1 atom stereocenters. The molecule has 1 saturated heterocycles. The van der Waals surface area contributed by atoms with Gasteiger partial charge in [-0.05, 0) is 31.2 Å². The summed E-state index contributed by atoms with van der Waals surface area (Å²) in [5.41, 5.74) is 0.625. The minimum Gasteiger partial charge on any atom is -0.354 e. The molecule has 0 radical (unpaired) electrons. The smallest absolute Gasteiger partial charge is 0.242 e. The van der Waals surface area contributed by atoms with E-state index in [2.05, 4.69) is 10.6 Å². The normalized spacial score (nSPS) is 24.4. The zero-order chi connectivity index (χ0) is 15.4. The molecule has 118 valence electrons. The lowest BCUT2D eigenvalue weighted by Crippen LogP contribution is -2.55. The highest BCUT2D eigenvalue weighted by Gasteiger charge is 2.42. The lowest BCUT2D eigenvalue weighted by atomic mass is 9.68. The first kappa shape index (κ1) is 15.1. The third-order valence-corrected chi connectivity index (χ3v) is 5.06. The molecule has 1 aromatic rings. The highest BCUT2D eigenvalue weighted by Crippen LogP contribution is 2.39. The maximum atomic E-state index is 13.0. The number of nitrogens with one attached hydrogen (secondary N) is 2. The van der Waals surface area contributed by atoms with E-state index in [1.807, 2.05) is 30.3 Å². The van der Waals surface area contributed by atoms with Crippen LogP contribution in [0.1, 0.15) is 50.5 Å². The van der Waals surface area contributed by atoms with Crippen molar-refractivity contribution in [1.29, 1.82) is 0 Å². The first-order chi connectivity index (χ1) is 10.7. The van der Waals surface area contributed by atoms with Crippen molar-refractivity contribution in [2.24, 2.45) is 0 Å². The van der Waals surface area contributed by atoms with Gasteiger partial charge in [-0.15, -0.1) is 0 Å². The number of hydrogen-bond acceptors (Lipinski definition) is 2. The van der Waals surface area contributed by atoms with Crippen LogP contribution in [0.2, 0.25) is 0 Å². The predicted molar refractivity (Wildman–Crippen MR) is 85.4 cm³/mol. The summed E-state index contributed by atoms with van der Waals surface area (Å²) in [5.74, 6) is -0.0147. The van der Waals surface area contributed by atoms with E-state index < -0.39 is 5.41 Å². The Balaban J connectivity index is 1.83. The van der Waals surface area contributed by atoms with Crippen molar-refractivity contribution in [3.63, 3.8) is 0 Å². The van der Waals surface area contributed by atoms with Crippen LogP contribution in [0.4, 0.5) is 0 Å². The second-order valence-corrected chi connectivity index (χ2v) is 6.47. The highest BCUT2D eigenvalue weighted by molar-refractivity contribution is 5.93. The van der Waals surface area contributed by atoms with Gasteiger partial charge in [0.15, 0.2) is 0 Å². The molecule has 1 aliphatic carbocycles. The van der Waals surface area contributed by atoms with Crippen molar-refractivity contribution in [2.75, 3.05) is 6.54 Å². The monoisotopic (exact) mass is 300 g/mol. The summed E-state index contributed by atoms with van der Waals surface area (Å²) < 4.78 is 0. The topological polar surface area (TPSA) is 58.2 Å². The Bertz CT molecular complexity index is 535. The molecule has 1 heterocycles. The molecule has 1 aliphatic heterocycles. The third kappa shape index (κ3) is 2.87. The molecule has 2 aliphatic rings. The number of carbonyl (C=O) groups excluding carboxylic acids is 2. The number of benzene rings is 1. The van der Waals surface area contributed by atoms with Gasteiger partial charge in [-0.1, -0.05) is 49.6 Å². The molecule has 2 fully saturated rings. The summed E-state index contributed by atoms with van der Waals surface area (Å²) in [6, 6.07) is 9.69. The summed E-state index contributed by atoms with van der Waals surface area (Å²) in [5, 5.41) is 5.87. The molecule has 0 bridgehead atoms. The van der Waals surface area contributed by atoms with Crippen LogP contribution in [0.5, 0.6) is 0 Å². The van der Waals surface area contributed by atoms with E-state index in [4.69, 9.17) is 0 Å². The first-order valence-electron chi connectivity index (χ1n) is 8.37. The van der Waals surface area contributed by atoms with E-state index in [1.54, 1.807) is 0 Å². The Morgan fingerprint density at radius 3 is 2.50 bits per heavy atom. The van der Waals surface area contributed by atoms with Gasteiger partial charge in [0.2, 0.25) is 11.8 Å². The largest absolute Gasteiger partial charge is 0.354 e. The van der Waals surface area contributed by atoms with Gasteiger partial charge in [-0.2, -0.15) is 0 Å². The summed E-state index contributed by atoms with van der Waals surface area (Å²) in [7, 11) is 0. The van der Waals surface area contributed by atoms with Gasteiger partial charge in [0.05, 0.1) is 5.41 Å². The number of rotatable bonds is 3. The van der Waals surface area contributed by atoms with Gasteiger partial charge in [0.1, 0.15) is 6.04 Å². The molecule has 0 spiro atoms. The summed E-state index contributed by atoms with van der Waals surface area (Å²) in [6.45, 7) is 0.717. The molecule has 4 heteroatoms. The standard InChI is InChI=1S/C18H24N2O2/c21-16-15(10-7-13-19-16)20-17(22)18(11-5-2-6-12-18)14-8-3-1-4-9-14/h1,3-4,8-9,15H,2,5-7,10-13H2,(H,19,21)(H,20,22)/t15-/m0/s1. The third-order valence-electron chi connectivity index (χ3n) is 5.06. The van der Waals surface area contributed by atoms with Gasteiger partial charge < -0.3 is 10.6 Å². The van der Waals surface area contributed by atoms with Crippen molar-refractivity contribution in [1.82, 2.24) is 10.6 Å². The molecule has 22 heavy (non-hydrogen) atoms. The summed E-state index contributed by atoms with van der Waals surface area (Å²) in [4.78, 5) is 25.0.